The lowest BCUT2D eigenvalue weighted by atomic mass is 10.1. The van der Waals surface area contributed by atoms with Gasteiger partial charge in [0.1, 0.15) is 11.5 Å². The second kappa shape index (κ2) is 8.68. The van der Waals surface area contributed by atoms with Crippen molar-refractivity contribution in [3.05, 3.63) is 70.9 Å². The Kier molecular flexibility index (Phi) is 5.54. The molecule has 0 unspecified atom stereocenters. The Morgan fingerprint density at radius 3 is 2.82 bits per heavy atom. The Labute approximate surface area is 199 Å². The number of aromatic amines is 2. The molecule has 34 heavy (non-hydrogen) atoms. The lowest BCUT2D eigenvalue weighted by Crippen LogP contribution is -2.26. The normalized spacial score (nSPS) is 12.9. The van der Waals surface area contributed by atoms with Crippen LogP contribution < -0.4 is 15.5 Å². The van der Waals surface area contributed by atoms with Crippen molar-refractivity contribution in [1.29, 1.82) is 0 Å². The van der Waals surface area contributed by atoms with Gasteiger partial charge in [0.25, 0.3) is 0 Å². The van der Waals surface area contributed by atoms with Gasteiger partial charge in [0.05, 0.1) is 28.0 Å². The van der Waals surface area contributed by atoms with E-state index in [-0.39, 0.29) is 5.57 Å². The maximum Gasteiger partial charge on any atom is 0.178 e. The van der Waals surface area contributed by atoms with Crippen LogP contribution >= 0.6 is 11.3 Å². The van der Waals surface area contributed by atoms with E-state index in [1.807, 2.05) is 55.6 Å². The zero-order valence-electron chi connectivity index (χ0n) is 18.9. The Hall–Kier alpha value is -4.11. The van der Waals surface area contributed by atoms with Gasteiger partial charge in [-0.25, -0.2) is 14.4 Å². The number of allylic oxidation sites excluding steroid dienone is 1. The fraction of sp³-hybridized carbons (Fsp3) is 0.120. The molecule has 0 atom stereocenters. The fourth-order valence-electron chi connectivity index (χ4n) is 3.73. The summed E-state index contributed by atoms with van der Waals surface area (Å²) in [7, 11) is 3.81. The number of halogens is 1. The van der Waals surface area contributed by atoms with Crippen molar-refractivity contribution in [1.82, 2.24) is 30.1 Å². The van der Waals surface area contributed by atoms with Crippen LogP contribution in [0.15, 0.2) is 54.8 Å². The molecule has 5 rings (SSSR count). The fourth-order valence-corrected chi connectivity index (χ4v) is 4.49. The molecule has 0 aromatic carbocycles. The van der Waals surface area contributed by atoms with Crippen LogP contribution in [-0.4, -0.2) is 44.2 Å². The minimum absolute atomic E-state index is 0.218. The Bertz CT molecular complexity index is 1630. The molecule has 0 aliphatic heterocycles. The van der Waals surface area contributed by atoms with Gasteiger partial charge >= 0.3 is 0 Å². The number of aromatic nitrogens is 6. The first kappa shape index (κ1) is 21.7. The Morgan fingerprint density at radius 1 is 1.24 bits per heavy atom. The summed E-state index contributed by atoms with van der Waals surface area (Å²) in [6.07, 6.45) is 6.81. The van der Waals surface area contributed by atoms with Gasteiger partial charge in [0.2, 0.25) is 0 Å². The SMILES string of the molecule is C=C(/C(F)=c1/c(-c2nc3nccc(-c4cccs4)c3[nH]2)n[nH]/c1=C/C)c1cncc(N(C)C)c1. The van der Waals surface area contributed by atoms with Crippen molar-refractivity contribution >= 4 is 45.7 Å². The molecule has 2 N–H and O–H groups in total. The third-order valence-electron chi connectivity index (χ3n) is 5.56. The first-order valence-electron chi connectivity index (χ1n) is 10.6. The van der Waals surface area contributed by atoms with Crippen LogP contribution in [0.1, 0.15) is 12.5 Å². The number of hydrogen-bond donors (Lipinski definition) is 2. The minimum atomic E-state index is -0.499. The number of thiophene rings is 1. The molecule has 0 aliphatic carbocycles. The molecule has 9 heteroatoms. The maximum absolute atomic E-state index is 16.0. The van der Waals surface area contributed by atoms with Gasteiger partial charge in [-0.05, 0) is 30.5 Å². The number of pyridine rings is 2. The van der Waals surface area contributed by atoms with E-state index in [1.54, 1.807) is 36.0 Å². The molecule has 0 saturated heterocycles. The van der Waals surface area contributed by atoms with Gasteiger partial charge in [-0.2, -0.15) is 5.10 Å². The van der Waals surface area contributed by atoms with E-state index in [9.17, 15) is 0 Å². The van der Waals surface area contributed by atoms with Crippen molar-refractivity contribution in [2.75, 3.05) is 19.0 Å². The number of rotatable bonds is 5. The number of imidazole rings is 1. The number of nitrogens with one attached hydrogen (secondary N) is 2. The second-order valence-electron chi connectivity index (χ2n) is 7.89. The predicted molar refractivity (Wildman–Crippen MR) is 136 cm³/mol. The monoisotopic (exact) mass is 471 g/mol. The summed E-state index contributed by atoms with van der Waals surface area (Å²) in [4.78, 5) is 19.6. The molecule has 0 radical (unpaired) electrons. The van der Waals surface area contributed by atoms with Crippen LogP contribution in [0.3, 0.4) is 0 Å². The highest BCUT2D eigenvalue weighted by Gasteiger charge is 2.18. The average Bonchev–Trinajstić information content (AvgIpc) is 3.61. The second-order valence-corrected chi connectivity index (χ2v) is 8.84. The highest BCUT2D eigenvalue weighted by molar-refractivity contribution is 7.13. The summed E-state index contributed by atoms with van der Waals surface area (Å²) in [6.45, 7) is 5.83. The molecule has 0 amide bonds. The predicted octanol–water partition coefficient (Wildman–Crippen LogP) is 4.13. The van der Waals surface area contributed by atoms with E-state index in [0.29, 0.717) is 33.3 Å². The molecule has 0 spiro atoms. The maximum atomic E-state index is 16.0. The smallest absolute Gasteiger partial charge is 0.178 e. The molecule has 7 nitrogen and oxygen atoms in total. The molecule has 0 fully saturated rings. The van der Waals surface area contributed by atoms with E-state index < -0.39 is 5.83 Å². The summed E-state index contributed by atoms with van der Waals surface area (Å²) in [6, 6.07) is 7.82. The molecule has 0 saturated carbocycles. The van der Waals surface area contributed by atoms with E-state index in [1.165, 1.54) is 0 Å². The Morgan fingerprint density at radius 2 is 2.09 bits per heavy atom. The molecular weight excluding hydrogens is 449 g/mol. The van der Waals surface area contributed by atoms with Gasteiger partial charge in [0.15, 0.2) is 11.5 Å². The number of H-pyrrole nitrogens is 2. The van der Waals surface area contributed by atoms with Crippen LogP contribution in [-0.2, 0) is 0 Å². The van der Waals surface area contributed by atoms with E-state index in [2.05, 4.69) is 36.7 Å². The van der Waals surface area contributed by atoms with Crippen LogP contribution in [0, 0.1) is 0 Å². The van der Waals surface area contributed by atoms with Gasteiger partial charge in [-0.1, -0.05) is 18.7 Å². The summed E-state index contributed by atoms with van der Waals surface area (Å²) < 4.78 is 16.0. The highest BCUT2D eigenvalue weighted by atomic mass is 32.1. The number of fused-ring (bicyclic) bond motifs is 1. The van der Waals surface area contributed by atoms with Crippen LogP contribution in [0.4, 0.5) is 10.1 Å². The first-order valence-corrected chi connectivity index (χ1v) is 11.5. The van der Waals surface area contributed by atoms with Crippen LogP contribution in [0.25, 0.3) is 50.6 Å². The largest absolute Gasteiger partial charge is 0.376 e. The summed E-state index contributed by atoms with van der Waals surface area (Å²) in [5.41, 5.74) is 4.32. The molecule has 5 heterocycles. The third-order valence-corrected chi connectivity index (χ3v) is 6.46. The topological polar surface area (TPSA) is 86.4 Å². The third kappa shape index (κ3) is 3.69. The number of anilines is 1. The van der Waals surface area contributed by atoms with Gasteiger partial charge in [0, 0.05) is 48.1 Å². The Balaban J connectivity index is 1.69. The summed E-state index contributed by atoms with van der Waals surface area (Å²) in [5, 5.41) is 10.2. The lowest BCUT2D eigenvalue weighted by molar-refractivity contribution is 0.764. The van der Waals surface area contributed by atoms with Crippen molar-refractivity contribution in [3.63, 3.8) is 0 Å². The quantitative estimate of drug-likeness (QED) is 0.403. The molecule has 5 aromatic rings. The lowest BCUT2D eigenvalue weighted by Gasteiger charge is -2.13. The van der Waals surface area contributed by atoms with Crippen LogP contribution in [0.2, 0.25) is 0 Å². The summed E-state index contributed by atoms with van der Waals surface area (Å²) in [5.74, 6) is -0.0737. The van der Waals surface area contributed by atoms with Crippen molar-refractivity contribution in [3.8, 4) is 22.0 Å². The average molecular weight is 472 g/mol. The zero-order valence-corrected chi connectivity index (χ0v) is 19.7. The molecular formula is C25H22FN7S. The van der Waals surface area contributed by atoms with E-state index in [4.69, 9.17) is 0 Å². The number of hydrogen-bond acceptors (Lipinski definition) is 6. The molecule has 0 aliphatic rings. The van der Waals surface area contributed by atoms with Crippen molar-refractivity contribution < 1.29 is 4.39 Å². The van der Waals surface area contributed by atoms with Crippen LogP contribution in [0.5, 0.6) is 0 Å². The zero-order chi connectivity index (χ0) is 23.8. The van der Waals surface area contributed by atoms with E-state index >= 15 is 4.39 Å². The first-order chi connectivity index (χ1) is 16.5. The molecule has 5 aromatic heterocycles. The summed E-state index contributed by atoms with van der Waals surface area (Å²) >= 11 is 1.63. The molecule has 0 bridgehead atoms. The van der Waals surface area contributed by atoms with Crippen molar-refractivity contribution in [2.24, 2.45) is 0 Å². The number of nitrogens with zero attached hydrogens (tertiary/aromatic N) is 5. The van der Waals surface area contributed by atoms with Gasteiger partial charge < -0.3 is 9.88 Å². The van der Waals surface area contributed by atoms with Gasteiger partial charge in [-0.15, -0.1) is 11.3 Å². The highest BCUT2D eigenvalue weighted by Crippen LogP contribution is 2.31. The standard InChI is InChI=1S/C25H22FN7S/c1-5-18-20(21(26)14(2)15-11-16(33(3)4)13-27-12-15)23(32-31-18)25-29-22-17(19-7-6-10-34-19)8-9-28-24(22)30-25/h5-13,31H,2H2,1,3-4H3,(H,28,29,30)/b18-5+,21-20-. The van der Waals surface area contributed by atoms with E-state index in [0.717, 1.165) is 21.6 Å². The molecule has 170 valence electrons. The minimum Gasteiger partial charge on any atom is -0.376 e. The van der Waals surface area contributed by atoms with Gasteiger partial charge in [-0.3, -0.25) is 10.1 Å². The van der Waals surface area contributed by atoms with Crippen molar-refractivity contribution in [2.45, 2.75) is 6.92 Å².